The first kappa shape index (κ1) is 6.86. The Morgan fingerprint density at radius 2 is 2.50 bits per heavy atom. The molecule has 0 aliphatic rings. The molecular formula is C7H10N2O. The fourth-order valence-electron chi connectivity index (χ4n) is 0.845. The number of carbonyl (C=O) groups is 1. The van der Waals surface area contributed by atoms with Crippen LogP contribution < -0.4 is 5.73 Å². The number of nitrogens with two attached hydrogens (primary N) is 1. The van der Waals surface area contributed by atoms with Crippen LogP contribution in [0, 0.1) is 6.92 Å². The Morgan fingerprint density at radius 3 is 2.90 bits per heavy atom. The number of primary amides is 1. The summed E-state index contributed by atoms with van der Waals surface area (Å²) >= 11 is 0. The van der Waals surface area contributed by atoms with Crippen molar-refractivity contribution in [1.29, 1.82) is 0 Å². The van der Waals surface area contributed by atoms with Crippen molar-refractivity contribution in [3.63, 3.8) is 0 Å². The lowest BCUT2D eigenvalue weighted by Gasteiger charge is -2.00. The number of aromatic nitrogens is 1. The van der Waals surface area contributed by atoms with Crippen molar-refractivity contribution in [3.8, 4) is 0 Å². The minimum atomic E-state index is -0.306. The third kappa shape index (κ3) is 1.37. The number of carbonyl (C=O) groups excluding carboxylic acids is 1. The van der Waals surface area contributed by atoms with E-state index < -0.39 is 0 Å². The van der Waals surface area contributed by atoms with Gasteiger partial charge in [0.1, 0.15) is 6.54 Å². The normalized spacial score (nSPS) is 9.70. The highest BCUT2D eigenvalue weighted by atomic mass is 16.1. The number of hydrogen-bond donors (Lipinski definition) is 1. The first-order valence-electron chi connectivity index (χ1n) is 3.10. The van der Waals surface area contributed by atoms with Crippen LogP contribution in [0.2, 0.25) is 0 Å². The summed E-state index contributed by atoms with van der Waals surface area (Å²) in [6, 6.07) is 3.82. The van der Waals surface area contributed by atoms with E-state index >= 15 is 0 Å². The van der Waals surface area contributed by atoms with Crippen molar-refractivity contribution in [2.24, 2.45) is 5.73 Å². The molecule has 1 aromatic heterocycles. The number of rotatable bonds is 2. The Kier molecular flexibility index (Phi) is 1.76. The van der Waals surface area contributed by atoms with Gasteiger partial charge in [-0.1, -0.05) is 0 Å². The molecule has 1 amide bonds. The van der Waals surface area contributed by atoms with Gasteiger partial charge in [-0.05, 0) is 19.1 Å². The lowest BCUT2D eigenvalue weighted by molar-refractivity contribution is -0.118. The van der Waals surface area contributed by atoms with E-state index in [-0.39, 0.29) is 12.5 Å². The summed E-state index contributed by atoms with van der Waals surface area (Å²) in [6.07, 6.45) is 1.83. The average molecular weight is 138 g/mol. The summed E-state index contributed by atoms with van der Waals surface area (Å²) in [5.74, 6) is -0.306. The summed E-state index contributed by atoms with van der Waals surface area (Å²) in [5.41, 5.74) is 6.05. The molecule has 10 heavy (non-hydrogen) atoms. The van der Waals surface area contributed by atoms with E-state index in [9.17, 15) is 4.79 Å². The maximum Gasteiger partial charge on any atom is 0.237 e. The minimum absolute atomic E-state index is 0.277. The van der Waals surface area contributed by atoms with Crippen molar-refractivity contribution in [3.05, 3.63) is 24.0 Å². The van der Waals surface area contributed by atoms with Crippen LogP contribution in [0.5, 0.6) is 0 Å². The Labute approximate surface area is 59.4 Å². The van der Waals surface area contributed by atoms with E-state index in [0.717, 1.165) is 5.69 Å². The monoisotopic (exact) mass is 138 g/mol. The van der Waals surface area contributed by atoms with E-state index in [2.05, 4.69) is 0 Å². The molecule has 0 atom stereocenters. The zero-order chi connectivity index (χ0) is 7.56. The quantitative estimate of drug-likeness (QED) is 0.627. The molecule has 0 radical (unpaired) electrons. The summed E-state index contributed by atoms with van der Waals surface area (Å²) in [7, 11) is 0. The number of amides is 1. The van der Waals surface area contributed by atoms with Crippen LogP contribution in [0.15, 0.2) is 18.3 Å². The first-order valence-corrected chi connectivity index (χ1v) is 3.10. The van der Waals surface area contributed by atoms with Gasteiger partial charge in [0, 0.05) is 11.9 Å². The maximum absolute atomic E-state index is 10.4. The number of nitrogens with zero attached hydrogens (tertiary/aromatic N) is 1. The highest BCUT2D eigenvalue weighted by Crippen LogP contribution is 1.97. The lowest BCUT2D eigenvalue weighted by atomic mass is 10.5. The minimum Gasteiger partial charge on any atom is -0.368 e. The molecule has 0 saturated heterocycles. The summed E-state index contributed by atoms with van der Waals surface area (Å²) in [4.78, 5) is 10.4. The molecule has 1 aromatic rings. The topological polar surface area (TPSA) is 48.0 Å². The summed E-state index contributed by atoms with van der Waals surface area (Å²) in [5, 5.41) is 0. The highest BCUT2D eigenvalue weighted by Gasteiger charge is 1.97. The van der Waals surface area contributed by atoms with Crippen LogP contribution >= 0.6 is 0 Å². The molecule has 0 bridgehead atoms. The van der Waals surface area contributed by atoms with Gasteiger partial charge in [-0.2, -0.15) is 0 Å². The van der Waals surface area contributed by atoms with Crippen LogP contribution in [-0.2, 0) is 11.3 Å². The third-order valence-electron chi connectivity index (χ3n) is 1.38. The van der Waals surface area contributed by atoms with Gasteiger partial charge in [0.15, 0.2) is 0 Å². The molecule has 0 aliphatic heterocycles. The Balaban J connectivity index is 2.74. The number of aryl methyl sites for hydroxylation is 1. The van der Waals surface area contributed by atoms with Crippen LogP contribution in [0.4, 0.5) is 0 Å². The van der Waals surface area contributed by atoms with Crippen LogP contribution in [-0.4, -0.2) is 10.5 Å². The molecule has 0 unspecified atom stereocenters. The summed E-state index contributed by atoms with van der Waals surface area (Å²) in [6.45, 7) is 2.21. The van der Waals surface area contributed by atoms with Gasteiger partial charge in [0.25, 0.3) is 0 Å². The maximum atomic E-state index is 10.4. The van der Waals surface area contributed by atoms with E-state index in [4.69, 9.17) is 5.73 Å². The lowest BCUT2D eigenvalue weighted by Crippen LogP contribution is -2.18. The standard InChI is InChI=1S/C7H10N2O/c1-6-3-2-4-9(6)5-7(8)10/h2-4H,5H2,1H3,(H2,8,10). The third-order valence-corrected chi connectivity index (χ3v) is 1.38. The number of hydrogen-bond acceptors (Lipinski definition) is 1. The van der Waals surface area contributed by atoms with E-state index in [1.165, 1.54) is 0 Å². The van der Waals surface area contributed by atoms with Crippen molar-refractivity contribution in [2.45, 2.75) is 13.5 Å². The van der Waals surface area contributed by atoms with Crippen molar-refractivity contribution in [1.82, 2.24) is 4.57 Å². The molecule has 1 heterocycles. The van der Waals surface area contributed by atoms with E-state index in [1.807, 2.05) is 29.8 Å². The molecule has 0 aliphatic carbocycles. The van der Waals surface area contributed by atoms with Crippen LogP contribution in [0.3, 0.4) is 0 Å². The Bertz CT molecular complexity index is 240. The molecule has 3 heteroatoms. The predicted molar refractivity (Wildman–Crippen MR) is 38.4 cm³/mol. The van der Waals surface area contributed by atoms with Gasteiger partial charge in [0.2, 0.25) is 5.91 Å². The molecule has 0 aromatic carbocycles. The van der Waals surface area contributed by atoms with Crippen LogP contribution in [0.1, 0.15) is 5.69 Å². The molecule has 0 fully saturated rings. The zero-order valence-corrected chi connectivity index (χ0v) is 5.87. The van der Waals surface area contributed by atoms with Crippen LogP contribution in [0.25, 0.3) is 0 Å². The van der Waals surface area contributed by atoms with Gasteiger partial charge in [-0.25, -0.2) is 0 Å². The zero-order valence-electron chi connectivity index (χ0n) is 5.87. The van der Waals surface area contributed by atoms with Gasteiger partial charge in [0.05, 0.1) is 0 Å². The second-order valence-corrected chi connectivity index (χ2v) is 2.24. The SMILES string of the molecule is Cc1cccn1CC(N)=O. The molecule has 54 valence electrons. The van der Waals surface area contributed by atoms with Gasteiger partial charge >= 0.3 is 0 Å². The smallest absolute Gasteiger partial charge is 0.237 e. The second-order valence-electron chi connectivity index (χ2n) is 2.24. The molecule has 2 N–H and O–H groups in total. The highest BCUT2D eigenvalue weighted by molar-refractivity contribution is 5.73. The first-order chi connectivity index (χ1) is 4.70. The molecule has 3 nitrogen and oxygen atoms in total. The second kappa shape index (κ2) is 2.56. The van der Waals surface area contributed by atoms with Gasteiger partial charge in [-0.3, -0.25) is 4.79 Å². The fourth-order valence-corrected chi connectivity index (χ4v) is 0.845. The van der Waals surface area contributed by atoms with Gasteiger partial charge in [-0.15, -0.1) is 0 Å². The predicted octanol–water partition coefficient (Wildman–Crippen LogP) is 0.282. The Hall–Kier alpha value is -1.25. The van der Waals surface area contributed by atoms with E-state index in [1.54, 1.807) is 0 Å². The molecule has 0 saturated carbocycles. The fraction of sp³-hybridized carbons (Fsp3) is 0.286. The van der Waals surface area contributed by atoms with Crippen molar-refractivity contribution >= 4 is 5.91 Å². The average Bonchev–Trinajstić information content (AvgIpc) is 2.15. The van der Waals surface area contributed by atoms with Crippen molar-refractivity contribution < 1.29 is 4.79 Å². The van der Waals surface area contributed by atoms with Gasteiger partial charge < -0.3 is 10.3 Å². The Morgan fingerprint density at radius 1 is 1.80 bits per heavy atom. The van der Waals surface area contributed by atoms with Crippen molar-refractivity contribution in [2.75, 3.05) is 0 Å². The summed E-state index contributed by atoms with van der Waals surface area (Å²) < 4.78 is 1.81. The molecular weight excluding hydrogens is 128 g/mol. The largest absolute Gasteiger partial charge is 0.368 e. The van der Waals surface area contributed by atoms with E-state index in [0.29, 0.717) is 0 Å². The molecule has 0 spiro atoms. The molecule has 1 rings (SSSR count).